The number of nitrogens with zero attached hydrogens (tertiary/aromatic N) is 1. The second-order valence-corrected chi connectivity index (χ2v) is 8.94. The molecule has 3 nitrogen and oxygen atoms in total. The normalized spacial score (nSPS) is 16.8. The van der Waals surface area contributed by atoms with Gasteiger partial charge in [-0.25, -0.2) is 0 Å². The van der Waals surface area contributed by atoms with Gasteiger partial charge < -0.3 is 5.32 Å². The summed E-state index contributed by atoms with van der Waals surface area (Å²) in [6, 6.07) is 12.0. The van der Waals surface area contributed by atoms with Gasteiger partial charge in [-0.15, -0.1) is 11.3 Å². The molecule has 1 N–H and O–H groups in total. The zero-order valence-electron chi connectivity index (χ0n) is 15.1. The van der Waals surface area contributed by atoms with Crippen molar-refractivity contribution in [2.45, 2.75) is 46.5 Å². The molecule has 0 bridgehead atoms. The topological polar surface area (TPSA) is 52.9 Å². The van der Waals surface area contributed by atoms with Crippen molar-refractivity contribution in [1.29, 1.82) is 5.26 Å². The van der Waals surface area contributed by atoms with E-state index in [2.05, 4.69) is 32.2 Å². The highest BCUT2D eigenvalue weighted by Gasteiger charge is 2.32. The number of amides is 1. The lowest BCUT2D eigenvalue weighted by Crippen LogP contribution is -2.26. The van der Waals surface area contributed by atoms with Crippen LogP contribution in [0.5, 0.6) is 0 Å². The number of thiophene rings is 1. The van der Waals surface area contributed by atoms with Crippen LogP contribution >= 0.6 is 11.3 Å². The van der Waals surface area contributed by atoms with Gasteiger partial charge >= 0.3 is 0 Å². The number of benzene rings is 1. The van der Waals surface area contributed by atoms with Crippen molar-refractivity contribution in [3.05, 3.63) is 51.9 Å². The van der Waals surface area contributed by atoms with E-state index in [9.17, 15) is 10.1 Å². The van der Waals surface area contributed by atoms with Crippen molar-refractivity contribution < 1.29 is 4.79 Å². The SMILES string of the molecule is CC(C)(C)[C@H]1CCc2c(sc(NC(=O)Cc3ccccc3)c2C#N)C1. The van der Waals surface area contributed by atoms with Gasteiger partial charge in [0.05, 0.1) is 12.0 Å². The van der Waals surface area contributed by atoms with Crippen LogP contribution in [0.25, 0.3) is 0 Å². The highest BCUT2D eigenvalue weighted by atomic mass is 32.1. The van der Waals surface area contributed by atoms with E-state index in [-0.39, 0.29) is 11.3 Å². The maximum atomic E-state index is 12.4. The third-order valence-electron chi connectivity index (χ3n) is 5.06. The summed E-state index contributed by atoms with van der Waals surface area (Å²) in [5.41, 5.74) is 3.08. The van der Waals surface area contributed by atoms with E-state index in [0.717, 1.165) is 35.4 Å². The van der Waals surface area contributed by atoms with E-state index < -0.39 is 0 Å². The zero-order valence-corrected chi connectivity index (χ0v) is 15.9. The Morgan fingerprint density at radius 3 is 2.68 bits per heavy atom. The van der Waals surface area contributed by atoms with Crippen molar-refractivity contribution in [2.75, 3.05) is 5.32 Å². The van der Waals surface area contributed by atoms with Crippen LogP contribution in [-0.4, -0.2) is 5.91 Å². The summed E-state index contributed by atoms with van der Waals surface area (Å²) < 4.78 is 0. The number of fused-ring (bicyclic) bond motifs is 1. The number of nitriles is 1. The summed E-state index contributed by atoms with van der Waals surface area (Å²) >= 11 is 1.59. The van der Waals surface area contributed by atoms with E-state index in [1.165, 1.54) is 4.88 Å². The van der Waals surface area contributed by atoms with Crippen LogP contribution in [0.3, 0.4) is 0 Å². The summed E-state index contributed by atoms with van der Waals surface area (Å²) in [4.78, 5) is 13.6. The minimum atomic E-state index is -0.0614. The molecule has 130 valence electrons. The molecule has 1 aromatic carbocycles. The summed E-state index contributed by atoms with van der Waals surface area (Å²) in [7, 11) is 0. The Morgan fingerprint density at radius 2 is 2.04 bits per heavy atom. The standard InChI is InChI=1S/C21H24N2OS/c1-21(2,3)15-9-10-16-17(13-22)20(25-18(16)12-15)23-19(24)11-14-7-5-4-6-8-14/h4-8,15H,9-12H2,1-3H3,(H,23,24)/t15-/m0/s1. The number of carbonyl (C=O) groups is 1. The fourth-order valence-corrected chi connectivity index (χ4v) is 4.78. The number of rotatable bonds is 3. The van der Waals surface area contributed by atoms with E-state index in [1.54, 1.807) is 11.3 Å². The third kappa shape index (κ3) is 3.93. The van der Waals surface area contributed by atoms with Crippen LogP contribution < -0.4 is 5.32 Å². The minimum Gasteiger partial charge on any atom is -0.316 e. The lowest BCUT2D eigenvalue weighted by molar-refractivity contribution is -0.115. The van der Waals surface area contributed by atoms with Gasteiger partial charge in [-0.1, -0.05) is 51.1 Å². The van der Waals surface area contributed by atoms with Crippen molar-refractivity contribution >= 4 is 22.2 Å². The average Bonchev–Trinajstić information content (AvgIpc) is 2.90. The molecule has 0 unspecified atom stereocenters. The van der Waals surface area contributed by atoms with Gasteiger partial charge in [0.15, 0.2) is 0 Å². The Kier molecular flexibility index (Phi) is 4.96. The van der Waals surface area contributed by atoms with Gasteiger partial charge in [0.1, 0.15) is 11.1 Å². The fourth-order valence-electron chi connectivity index (χ4n) is 3.48. The van der Waals surface area contributed by atoms with Crippen LogP contribution in [0, 0.1) is 22.7 Å². The third-order valence-corrected chi connectivity index (χ3v) is 6.23. The van der Waals surface area contributed by atoms with Crippen molar-refractivity contribution in [1.82, 2.24) is 0 Å². The fraction of sp³-hybridized carbons (Fsp3) is 0.429. The molecular weight excluding hydrogens is 328 g/mol. The molecule has 1 aliphatic rings. The number of hydrogen-bond acceptors (Lipinski definition) is 3. The number of carbonyl (C=O) groups excluding carboxylic acids is 1. The molecule has 0 radical (unpaired) electrons. The molecule has 0 spiro atoms. The first-order chi connectivity index (χ1) is 11.9. The first kappa shape index (κ1) is 17.7. The van der Waals surface area contributed by atoms with Gasteiger partial charge in [0.2, 0.25) is 5.91 Å². The van der Waals surface area contributed by atoms with E-state index in [1.807, 2.05) is 30.3 Å². The van der Waals surface area contributed by atoms with Crippen LogP contribution in [0.15, 0.2) is 30.3 Å². The molecule has 1 heterocycles. The molecule has 1 amide bonds. The van der Waals surface area contributed by atoms with Crippen LogP contribution in [0.4, 0.5) is 5.00 Å². The molecule has 0 fully saturated rings. The Hall–Kier alpha value is -2.12. The van der Waals surface area contributed by atoms with E-state index in [4.69, 9.17) is 0 Å². The Morgan fingerprint density at radius 1 is 1.32 bits per heavy atom. The first-order valence-electron chi connectivity index (χ1n) is 8.77. The first-order valence-corrected chi connectivity index (χ1v) is 9.58. The van der Waals surface area contributed by atoms with Crippen molar-refractivity contribution in [3.8, 4) is 6.07 Å². The molecule has 0 saturated heterocycles. The Bertz CT molecular complexity index is 809. The molecule has 1 aromatic heterocycles. The predicted molar refractivity (Wildman–Crippen MR) is 103 cm³/mol. The van der Waals surface area contributed by atoms with Gasteiger partial charge in [0.25, 0.3) is 0 Å². The zero-order chi connectivity index (χ0) is 18.0. The summed E-state index contributed by atoms with van der Waals surface area (Å²) in [5, 5.41) is 13.3. The van der Waals surface area contributed by atoms with Crippen LogP contribution in [-0.2, 0) is 24.1 Å². The predicted octanol–water partition coefficient (Wildman–Crippen LogP) is 4.95. The second-order valence-electron chi connectivity index (χ2n) is 7.84. The van der Waals surface area contributed by atoms with Gasteiger partial charge in [-0.3, -0.25) is 4.79 Å². The average molecular weight is 353 g/mol. The molecule has 1 aliphatic carbocycles. The molecular formula is C21H24N2OS. The highest BCUT2D eigenvalue weighted by molar-refractivity contribution is 7.16. The summed E-state index contributed by atoms with van der Waals surface area (Å²) in [6.07, 6.45) is 3.39. The van der Waals surface area contributed by atoms with E-state index in [0.29, 0.717) is 17.9 Å². The largest absolute Gasteiger partial charge is 0.316 e. The lowest BCUT2D eigenvalue weighted by Gasteiger charge is -2.33. The van der Waals surface area contributed by atoms with Crippen LogP contribution in [0.1, 0.15) is 48.8 Å². The molecule has 4 heteroatoms. The monoisotopic (exact) mass is 352 g/mol. The number of hydrogen-bond donors (Lipinski definition) is 1. The summed E-state index contributed by atoms with van der Waals surface area (Å²) in [6.45, 7) is 6.85. The smallest absolute Gasteiger partial charge is 0.229 e. The van der Waals surface area contributed by atoms with Crippen molar-refractivity contribution in [3.63, 3.8) is 0 Å². The van der Waals surface area contributed by atoms with Gasteiger partial charge in [0, 0.05) is 4.88 Å². The Labute approximate surface area is 153 Å². The lowest BCUT2D eigenvalue weighted by atomic mass is 9.72. The number of nitrogens with one attached hydrogen (secondary N) is 1. The molecule has 0 saturated carbocycles. The maximum Gasteiger partial charge on any atom is 0.229 e. The van der Waals surface area contributed by atoms with Gasteiger partial charge in [-0.2, -0.15) is 5.26 Å². The molecule has 2 aromatic rings. The van der Waals surface area contributed by atoms with Crippen LogP contribution in [0.2, 0.25) is 0 Å². The Balaban J connectivity index is 1.78. The molecule has 0 aliphatic heterocycles. The molecule has 25 heavy (non-hydrogen) atoms. The number of anilines is 1. The van der Waals surface area contributed by atoms with Gasteiger partial charge in [-0.05, 0) is 41.7 Å². The quantitative estimate of drug-likeness (QED) is 0.849. The maximum absolute atomic E-state index is 12.4. The van der Waals surface area contributed by atoms with Crippen molar-refractivity contribution in [2.24, 2.45) is 11.3 Å². The molecule has 1 atom stereocenters. The summed E-state index contributed by atoms with van der Waals surface area (Å²) in [5.74, 6) is 0.562. The van der Waals surface area contributed by atoms with E-state index >= 15 is 0 Å². The minimum absolute atomic E-state index is 0.0614. The molecule has 3 rings (SSSR count). The second kappa shape index (κ2) is 7.01. The highest BCUT2D eigenvalue weighted by Crippen LogP contribution is 2.43.